The quantitative estimate of drug-likeness (QED) is 0.739. The summed E-state index contributed by atoms with van der Waals surface area (Å²) < 4.78 is 2.05. The molecule has 0 aromatic carbocycles. The monoisotopic (exact) mass is 225 g/mol. The normalized spacial score (nSPS) is 15.0. The van der Waals surface area contributed by atoms with Crippen LogP contribution in [0.2, 0.25) is 0 Å². The van der Waals surface area contributed by atoms with Crippen LogP contribution in [0.5, 0.6) is 0 Å². The van der Waals surface area contributed by atoms with Gasteiger partial charge in [0.15, 0.2) is 0 Å². The third kappa shape index (κ3) is 3.61. The van der Waals surface area contributed by atoms with Crippen molar-refractivity contribution >= 4 is 0 Å². The van der Waals surface area contributed by atoms with Crippen LogP contribution in [0.1, 0.15) is 38.6 Å². The van der Waals surface area contributed by atoms with Gasteiger partial charge in [0.25, 0.3) is 0 Å². The van der Waals surface area contributed by atoms with Crippen LogP contribution in [0.3, 0.4) is 0 Å². The van der Waals surface area contributed by atoms with Crippen molar-refractivity contribution in [3.05, 3.63) is 18.2 Å². The van der Waals surface area contributed by atoms with Crippen molar-refractivity contribution in [3.63, 3.8) is 0 Å². The SMILES string of the molecule is CCC(NCC(C)CCO)c1nccn1C. The van der Waals surface area contributed by atoms with E-state index in [4.69, 9.17) is 5.11 Å². The van der Waals surface area contributed by atoms with Gasteiger partial charge in [0.05, 0.1) is 6.04 Å². The lowest BCUT2D eigenvalue weighted by Gasteiger charge is -2.19. The second-order valence-electron chi connectivity index (χ2n) is 4.38. The van der Waals surface area contributed by atoms with Crippen LogP contribution in [0, 0.1) is 5.92 Å². The van der Waals surface area contributed by atoms with Crippen molar-refractivity contribution in [2.24, 2.45) is 13.0 Å². The molecule has 0 amide bonds. The summed E-state index contributed by atoms with van der Waals surface area (Å²) in [5.41, 5.74) is 0. The smallest absolute Gasteiger partial charge is 0.125 e. The Hall–Kier alpha value is -0.870. The number of aliphatic hydroxyl groups excluding tert-OH is 1. The van der Waals surface area contributed by atoms with E-state index in [0.29, 0.717) is 12.0 Å². The zero-order valence-electron chi connectivity index (χ0n) is 10.5. The summed E-state index contributed by atoms with van der Waals surface area (Å²) in [5.74, 6) is 1.58. The molecule has 2 N–H and O–H groups in total. The van der Waals surface area contributed by atoms with Crippen LogP contribution in [-0.4, -0.2) is 27.8 Å². The van der Waals surface area contributed by atoms with Gasteiger partial charge < -0.3 is 15.0 Å². The van der Waals surface area contributed by atoms with E-state index in [0.717, 1.165) is 25.2 Å². The van der Waals surface area contributed by atoms with Crippen molar-refractivity contribution in [1.29, 1.82) is 0 Å². The van der Waals surface area contributed by atoms with Crippen LogP contribution in [0.4, 0.5) is 0 Å². The molecule has 0 aliphatic heterocycles. The standard InChI is InChI=1S/C12H23N3O/c1-4-11(12-13-6-7-15(12)3)14-9-10(2)5-8-16/h6-7,10-11,14,16H,4-5,8-9H2,1-3H3. The first-order valence-corrected chi connectivity index (χ1v) is 6.00. The summed E-state index contributed by atoms with van der Waals surface area (Å²) in [6.45, 7) is 5.49. The number of hydrogen-bond acceptors (Lipinski definition) is 3. The minimum absolute atomic E-state index is 0.266. The molecule has 1 aromatic heterocycles. The first kappa shape index (κ1) is 13.2. The third-order valence-corrected chi connectivity index (χ3v) is 2.91. The molecule has 0 saturated carbocycles. The van der Waals surface area contributed by atoms with Crippen molar-refractivity contribution in [3.8, 4) is 0 Å². The summed E-state index contributed by atoms with van der Waals surface area (Å²) in [6, 6.07) is 0.307. The van der Waals surface area contributed by atoms with E-state index in [9.17, 15) is 0 Å². The zero-order chi connectivity index (χ0) is 12.0. The van der Waals surface area contributed by atoms with Crippen LogP contribution in [-0.2, 0) is 7.05 Å². The second-order valence-corrected chi connectivity index (χ2v) is 4.38. The number of nitrogens with one attached hydrogen (secondary N) is 1. The second kappa shape index (κ2) is 6.66. The minimum Gasteiger partial charge on any atom is -0.396 e. The topological polar surface area (TPSA) is 50.1 Å². The Labute approximate surface area is 97.7 Å². The van der Waals surface area contributed by atoms with Crippen LogP contribution in [0.25, 0.3) is 0 Å². The Balaban J connectivity index is 2.47. The molecule has 4 nitrogen and oxygen atoms in total. The highest BCUT2D eigenvalue weighted by Gasteiger charge is 2.13. The average molecular weight is 225 g/mol. The summed E-state index contributed by atoms with van der Waals surface area (Å²) in [5, 5.41) is 12.3. The molecule has 0 spiro atoms. The molecule has 1 rings (SSSR count). The van der Waals surface area contributed by atoms with Crippen molar-refractivity contribution in [2.45, 2.75) is 32.7 Å². The lowest BCUT2D eigenvalue weighted by molar-refractivity contribution is 0.257. The fourth-order valence-corrected chi connectivity index (χ4v) is 1.80. The molecule has 92 valence electrons. The van der Waals surface area contributed by atoms with Gasteiger partial charge in [-0.1, -0.05) is 13.8 Å². The Bertz CT molecular complexity index is 298. The maximum absolute atomic E-state index is 8.84. The highest BCUT2D eigenvalue weighted by Crippen LogP contribution is 2.14. The van der Waals surface area contributed by atoms with Crippen molar-refractivity contribution < 1.29 is 5.11 Å². The minimum atomic E-state index is 0.266. The van der Waals surface area contributed by atoms with E-state index in [-0.39, 0.29) is 6.61 Å². The van der Waals surface area contributed by atoms with Gasteiger partial charge >= 0.3 is 0 Å². The lowest BCUT2D eigenvalue weighted by atomic mass is 10.1. The Morgan fingerprint density at radius 1 is 1.56 bits per heavy atom. The molecule has 4 heteroatoms. The molecule has 0 radical (unpaired) electrons. The van der Waals surface area contributed by atoms with E-state index in [1.807, 2.05) is 19.4 Å². The largest absolute Gasteiger partial charge is 0.396 e. The zero-order valence-corrected chi connectivity index (χ0v) is 10.5. The Kier molecular flexibility index (Phi) is 5.49. The molecule has 2 unspecified atom stereocenters. The molecule has 0 saturated heterocycles. The molecule has 0 fully saturated rings. The van der Waals surface area contributed by atoms with Gasteiger partial charge in [-0.2, -0.15) is 0 Å². The number of imidazole rings is 1. The van der Waals surface area contributed by atoms with E-state index >= 15 is 0 Å². The average Bonchev–Trinajstić information content (AvgIpc) is 2.66. The Morgan fingerprint density at radius 2 is 2.31 bits per heavy atom. The number of hydrogen-bond donors (Lipinski definition) is 2. The lowest BCUT2D eigenvalue weighted by Crippen LogP contribution is -2.28. The number of aryl methyl sites for hydroxylation is 1. The van der Waals surface area contributed by atoms with Crippen LogP contribution < -0.4 is 5.32 Å². The van der Waals surface area contributed by atoms with E-state index in [2.05, 4.69) is 28.7 Å². The summed E-state index contributed by atoms with van der Waals surface area (Å²) >= 11 is 0. The molecule has 1 heterocycles. The number of nitrogens with zero attached hydrogens (tertiary/aromatic N) is 2. The van der Waals surface area contributed by atoms with Crippen LogP contribution >= 0.6 is 0 Å². The van der Waals surface area contributed by atoms with Crippen LogP contribution in [0.15, 0.2) is 12.4 Å². The summed E-state index contributed by atoms with van der Waals surface area (Å²) in [6.07, 6.45) is 5.67. The van der Waals surface area contributed by atoms with Gasteiger partial charge in [-0.25, -0.2) is 4.98 Å². The van der Waals surface area contributed by atoms with E-state index < -0.39 is 0 Å². The number of aliphatic hydroxyl groups is 1. The molecule has 1 aromatic rings. The Morgan fingerprint density at radius 3 is 2.81 bits per heavy atom. The first-order valence-electron chi connectivity index (χ1n) is 6.00. The highest BCUT2D eigenvalue weighted by molar-refractivity contribution is 4.98. The fraction of sp³-hybridized carbons (Fsp3) is 0.750. The summed E-state index contributed by atoms with van der Waals surface area (Å²) in [4.78, 5) is 4.36. The molecule has 0 bridgehead atoms. The van der Waals surface area contributed by atoms with Gasteiger partial charge in [-0.15, -0.1) is 0 Å². The number of rotatable bonds is 7. The van der Waals surface area contributed by atoms with Crippen molar-refractivity contribution in [2.75, 3.05) is 13.2 Å². The maximum atomic E-state index is 8.84. The molecule has 16 heavy (non-hydrogen) atoms. The van der Waals surface area contributed by atoms with Gasteiger partial charge in [0, 0.05) is 26.0 Å². The predicted molar refractivity (Wildman–Crippen MR) is 65.1 cm³/mol. The third-order valence-electron chi connectivity index (χ3n) is 2.91. The number of aromatic nitrogens is 2. The summed E-state index contributed by atoms with van der Waals surface area (Å²) in [7, 11) is 2.02. The predicted octanol–water partition coefficient (Wildman–Crippen LogP) is 1.48. The molecular weight excluding hydrogens is 202 g/mol. The van der Waals surface area contributed by atoms with E-state index in [1.54, 1.807) is 0 Å². The van der Waals surface area contributed by atoms with Gasteiger partial charge in [-0.3, -0.25) is 0 Å². The first-order chi connectivity index (χ1) is 7.69. The van der Waals surface area contributed by atoms with Gasteiger partial charge in [0.2, 0.25) is 0 Å². The molecule has 0 aliphatic carbocycles. The molecular formula is C12H23N3O. The molecule has 2 atom stereocenters. The molecule has 0 aliphatic rings. The van der Waals surface area contributed by atoms with E-state index in [1.165, 1.54) is 0 Å². The van der Waals surface area contributed by atoms with Gasteiger partial charge in [0.1, 0.15) is 5.82 Å². The maximum Gasteiger partial charge on any atom is 0.125 e. The van der Waals surface area contributed by atoms with Crippen molar-refractivity contribution in [1.82, 2.24) is 14.9 Å². The van der Waals surface area contributed by atoms with Gasteiger partial charge in [-0.05, 0) is 25.3 Å². The highest BCUT2D eigenvalue weighted by atomic mass is 16.3. The fourth-order valence-electron chi connectivity index (χ4n) is 1.80.